The summed E-state index contributed by atoms with van der Waals surface area (Å²) in [4.78, 5) is 12.7. The number of hydrogen-bond donors (Lipinski definition) is 2. The van der Waals surface area contributed by atoms with Crippen LogP contribution in [0, 0.1) is 13.8 Å². The lowest BCUT2D eigenvalue weighted by Gasteiger charge is -2.40. The van der Waals surface area contributed by atoms with Crippen LogP contribution in [-0.4, -0.2) is 16.1 Å². The van der Waals surface area contributed by atoms with E-state index in [1.54, 1.807) is 6.20 Å². The summed E-state index contributed by atoms with van der Waals surface area (Å²) >= 11 is 0. The monoisotopic (exact) mass is 269 g/mol. The first-order valence-corrected chi connectivity index (χ1v) is 7.00. The zero-order valence-corrected chi connectivity index (χ0v) is 11.9. The molecule has 3 rings (SSSR count). The third kappa shape index (κ3) is 2.01. The lowest BCUT2D eigenvalue weighted by atomic mass is 9.63. The Morgan fingerprint density at radius 2 is 2.15 bits per heavy atom. The van der Waals surface area contributed by atoms with Crippen LogP contribution in [-0.2, 0) is 10.2 Å². The molecule has 0 saturated heterocycles. The maximum absolute atomic E-state index is 12.7. The van der Waals surface area contributed by atoms with Crippen LogP contribution < -0.4 is 5.32 Å². The minimum absolute atomic E-state index is 0.0710. The van der Waals surface area contributed by atoms with Gasteiger partial charge in [-0.05, 0) is 32.3 Å². The van der Waals surface area contributed by atoms with E-state index in [0.29, 0.717) is 5.82 Å². The van der Waals surface area contributed by atoms with Gasteiger partial charge in [-0.3, -0.25) is 9.89 Å². The first-order chi connectivity index (χ1) is 9.62. The van der Waals surface area contributed by atoms with Crippen LogP contribution in [0.15, 0.2) is 30.5 Å². The van der Waals surface area contributed by atoms with Gasteiger partial charge in [-0.25, -0.2) is 0 Å². The third-order valence-electron chi connectivity index (χ3n) is 4.28. The Labute approximate surface area is 118 Å². The second-order valence-electron chi connectivity index (χ2n) is 5.69. The molecule has 4 nitrogen and oxygen atoms in total. The van der Waals surface area contributed by atoms with Crippen molar-refractivity contribution in [3.63, 3.8) is 0 Å². The number of carbonyl (C=O) groups excluding carboxylic acids is 1. The normalized spacial score (nSPS) is 16.5. The van der Waals surface area contributed by atoms with Crippen molar-refractivity contribution < 1.29 is 4.79 Å². The Morgan fingerprint density at radius 1 is 1.35 bits per heavy atom. The summed E-state index contributed by atoms with van der Waals surface area (Å²) in [6.45, 7) is 3.99. The van der Waals surface area contributed by atoms with Crippen molar-refractivity contribution in [1.82, 2.24) is 10.2 Å². The van der Waals surface area contributed by atoms with Crippen LogP contribution in [0.4, 0.5) is 5.82 Å². The lowest BCUT2D eigenvalue weighted by molar-refractivity contribution is -0.124. The van der Waals surface area contributed by atoms with Crippen LogP contribution in [0.3, 0.4) is 0 Å². The molecule has 2 aromatic rings. The molecule has 0 atom stereocenters. The quantitative estimate of drug-likeness (QED) is 0.899. The van der Waals surface area contributed by atoms with Crippen molar-refractivity contribution in [2.24, 2.45) is 0 Å². The van der Waals surface area contributed by atoms with Crippen molar-refractivity contribution in [1.29, 1.82) is 0 Å². The summed E-state index contributed by atoms with van der Waals surface area (Å²) < 4.78 is 0. The number of aromatic nitrogens is 2. The summed E-state index contributed by atoms with van der Waals surface area (Å²) in [6, 6.07) is 8.27. The number of hydrogen-bond acceptors (Lipinski definition) is 2. The number of benzene rings is 1. The van der Waals surface area contributed by atoms with E-state index in [-0.39, 0.29) is 11.3 Å². The van der Waals surface area contributed by atoms with Crippen molar-refractivity contribution in [2.75, 3.05) is 5.32 Å². The van der Waals surface area contributed by atoms with Crippen LogP contribution in [0.5, 0.6) is 0 Å². The van der Waals surface area contributed by atoms with Gasteiger partial charge in [0.1, 0.15) is 5.82 Å². The number of nitrogens with zero attached hydrogens (tertiary/aromatic N) is 1. The highest BCUT2D eigenvalue weighted by Gasteiger charge is 2.45. The number of carbonyl (C=O) groups is 1. The standard InChI is InChI=1S/C16H19N3O/c1-11-5-3-6-13(9-11)16(7-4-8-16)15(20)18-14-12(2)10-17-19-14/h3,5-6,9-10H,4,7-8H2,1-2H3,(H2,17,18,19,20). The molecule has 1 aromatic carbocycles. The van der Waals surface area contributed by atoms with Gasteiger partial charge in [0.05, 0.1) is 11.6 Å². The summed E-state index contributed by atoms with van der Waals surface area (Å²) in [5, 5.41) is 9.78. The minimum Gasteiger partial charge on any atom is -0.310 e. The highest BCUT2D eigenvalue weighted by atomic mass is 16.2. The lowest BCUT2D eigenvalue weighted by Crippen LogP contribution is -2.46. The van der Waals surface area contributed by atoms with E-state index in [2.05, 4.69) is 40.6 Å². The van der Waals surface area contributed by atoms with Gasteiger partial charge in [-0.15, -0.1) is 0 Å². The summed E-state index contributed by atoms with van der Waals surface area (Å²) in [5.41, 5.74) is 2.90. The average molecular weight is 269 g/mol. The molecule has 4 heteroatoms. The van der Waals surface area contributed by atoms with E-state index < -0.39 is 0 Å². The maximum atomic E-state index is 12.7. The predicted molar refractivity (Wildman–Crippen MR) is 78.7 cm³/mol. The van der Waals surface area contributed by atoms with Gasteiger partial charge in [0.15, 0.2) is 0 Å². The third-order valence-corrected chi connectivity index (χ3v) is 4.28. The number of nitrogens with one attached hydrogen (secondary N) is 2. The first-order valence-electron chi connectivity index (χ1n) is 7.00. The molecule has 0 unspecified atom stereocenters. The van der Waals surface area contributed by atoms with Crippen LogP contribution in [0.2, 0.25) is 0 Å². The van der Waals surface area contributed by atoms with Crippen molar-refractivity contribution in [3.8, 4) is 0 Å². The van der Waals surface area contributed by atoms with E-state index >= 15 is 0 Å². The highest BCUT2D eigenvalue weighted by Crippen LogP contribution is 2.44. The molecule has 0 bridgehead atoms. The molecule has 1 aliphatic carbocycles. The average Bonchev–Trinajstić information content (AvgIpc) is 2.74. The Kier molecular flexibility index (Phi) is 3.08. The van der Waals surface area contributed by atoms with Gasteiger partial charge < -0.3 is 5.32 Å². The second kappa shape index (κ2) is 4.78. The van der Waals surface area contributed by atoms with Gasteiger partial charge >= 0.3 is 0 Å². The van der Waals surface area contributed by atoms with Crippen LogP contribution >= 0.6 is 0 Å². The molecule has 1 amide bonds. The van der Waals surface area contributed by atoms with Gasteiger partial charge in [-0.1, -0.05) is 36.2 Å². The topological polar surface area (TPSA) is 57.8 Å². The number of aromatic amines is 1. The Bertz CT molecular complexity index is 641. The first kappa shape index (κ1) is 12.9. The Balaban J connectivity index is 1.89. The largest absolute Gasteiger partial charge is 0.310 e. The van der Waals surface area contributed by atoms with E-state index in [9.17, 15) is 4.79 Å². The molecule has 1 heterocycles. The molecule has 104 valence electrons. The van der Waals surface area contributed by atoms with Crippen molar-refractivity contribution >= 4 is 11.7 Å². The van der Waals surface area contributed by atoms with Crippen LogP contribution in [0.25, 0.3) is 0 Å². The molecule has 0 spiro atoms. The van der Waals surface area contributed by atoms with E-state index in [0.717, 1.165) is 30.4 Å². The maximum Gasteiger partial charge on any atom is 0.236 e. The number of H-pyrrole nitrogens is 1. The summed E-state index contributed by atoms with van der Waals surface area (Å²) in [6.07, 6.45) is 4.64. The molecular weight excluding hydrogens is 250 g/mol. The Hall–Kier alpha value is -2.10. The molecule has 1 saturated carbocycles. The molecule has 1 fully saturated rings. The molecule has 0 aliphatic heterocycles. The van der Waals surface area contributed by atoms with E-state index in [4.69, 9.17) is 0 Å². The molecule has 1 aliphatic rings. The number of amides is 1. The van der Waals surface area contributed by atoms with Crippen molar-refractivity contribution in [2.45, 2.75) is 38.5 Å². The molecule has 0 radical (unpaired) electrons. The highest BCUT2D eigenvalue weighted by molar-refractivity contribution is 5.99. The van der Waals surface area contributed by atoms with Crippen LogP contribution in [0.1, 0.15) is 36.0 Å². The predicted octanol–water partition coefficient (Wildman–Crippen LogP) is 3.09. The SMILES string of the molecule is Cc1cccc(C2(C(=O)Nc3[nH]ncc3C)CCC2)c1. The molecule has 20 heavy (non-hydrogen) atoms. The minimum atomic E-state index is -0.371. The van der Waals surface area contributed by atoms with Gasteiger partial charge in [0.25, 0.3) is 0 Å². The fourth-order valence-corrected chi connectivity index (χ4v) is 2.83. The van der Waals surface area contributed by atoms with Crippen molar-refractivity contribution in [3.05, 3.63) is 47.2 Å². The summed E-state index contributed by atoms with van der Waals surface area (Å²) in [7, 11) is 0. The smallest absolute Gasteiger partial charge is 0.236 e. The zero-order chi connectivity index (χ0) is 14.2. The van der Waals surface area contributed by atoms with Gasteiger partial charge in [0.2, 0.25) is 5.91 Å². The summed E-state index contributed by atoms with van der Waals surface area (Å²) in [5.74, 6) is 0.774. The number of aryl methyl sites for hydroxylation is 2. The van der Waals surface area contributed by atoms with Gasteiger partial charge in [0, 0.05) is 5.56 Å². The number of rotatable bonds is 3. The second-order valence-corrected chi connectivity index (χ2v) is 5.69. The Morgan fingerprint density at radius 3 is 2.70 bits per heavy atom. The molecular formula is C16H19N3O. The fourth-order valence-electron chi connectivity index (χ4n) is 2.83. The number of anilines is 1. The van der Waals surface area contributed by atoms with Gasteiger partial charge in [-0.2, -0.15) is 5.10 Å². The van der Waals surface area contributed by atoms with E-state index in [1.807, 2.05) is 13.0 Å². The molecule has 2 N–H and O–H groups in total. The fraction of sp³-hybridized carbons (Fsp3) is 0.375. The molecule has 1 aromatic heterocycles. The van der Waals surface area contributed by atoms with E-state index in [1.165, 1.54) is 5.56 Å². The zero-order valence-electron chi connectivity index (χ0n) is 11.9.